The maximum absolute atomic E-state index is 11.0. The van der Waals surface area contributed by atoms with Gasteiger partial charge in [0.05, 0.1) is 46.2 Å². The molecule has 0 rings (SSSR count). The van der Waals surface area contributed by atoms with E-state index in [1.54, 1.807) is 4.90 Å². The third-order valence-corrected chi connectivity index (χ3v) is 2.87. The highest BCUT2D eigenvalue weighted by Gasteiger charge is 2.21. The lowest BCUT2D eigenvalue weighted by atomic mass is 10.4. The molecule has 0 aromatic heterocycles. The van der Waals surface area contributed by atoms with E-state index in [9.17, 15) is 14.4 Å². The largest absolute Gasteiger partial charge is 0.480 e. The van der Waals surface area contributed by atoms with E-state index in [2.05, 4.69) is 9.78 Å². The van der Waals surface area contributed by atoms with Crippen molar-refractivity contribution in [1.82, 2.24) is 14.7 Å². The molecule has 0 bridgehead atoms. The molecule has 13 heteroatoms. The molecule has 0 amide bonds. The SMILES string of the molecule is O=C(O)CN(CC(=O)O)CN(CC(=O)O)CN(CCOO)CCOO. The predicted molar refractivity (Wildman–Crippen MR) is 79.7 cm³/mol. The number of rotatable bonds is 16. The standard InChI is InChI=1S/C12H23N3O10/c16-10(17)5-14(6-11(18)19)9-15(7-12(20)21)8-13(1-3-24-22)2-4-25-23/h22-23H,1-9H2,(H,16,17)(H,18,19)(H,20,21). The monoisotopic (exact) mass is 369 g/mol. The van der Waals surface area contributed by atoms with Crippen LogP contribution in [0.4, 0.5) is 0 Å². The van der Waals surface area contributed by atoms with E-state index < -0.39 is 37.5 Å². The van der Waals surface area contributed by atoms with Crippen LogP contribution in [0, 0.1) is 0 Å². The number of carboxylic acids is 3. The van der Waals surface area contributed by atoms with E-state index in [1.165, 1.54) is 4.90 Å². The Labute approximate surface area is 143 Å². The van der Waals surface area contributed by atoms with Gasteiger partial charge >= 0.3 is 17.9 Å². The van der Waals surface area contributed by atoms with Gasteiger partial charge in [-0.05, 0) is 0 Å². The summed E-state index contributed by atoms with van der Waals surface area (Å²) >= 11 is 0. The van der Waals surface area contributed by atoms with Crippen molar-refractivity contribution in [2.75, 3.05) is 59.3 Å². The van der Waals surface area contributed by atoms with Crippen molar-refractivity contribution in [1.29, 1.82) is 0 Å². The Hall–Kier alpha value is -1.87. The number of hydrogen-bond donors (Lipinski definition) is 5. The highest BCUT2D eigenvalue weighted by Crippen LogP contribution is 2.00. The highest BCUT2D eigenvalue weighted by molar-refractivity contribution is 5.72. The molecule has 0 aromatic carbocycles. The second-order valence-electron chi connectivity index (χ2n) is 5.06. The van der Waals surface area contributed by atoms with Crippen LogP contribution >= 0.6 is 0 Å². The van der Waals surface area contributed by atoms with Crippen LogP contribution in [0.3, 0.4) is 0 Å². The second-order valence-corrected chi connectivity index (χ2v) is 5.06. The van der Waals surface area contributed by atoms with Gasteiger partial charge in [-0.15, -0.1) is 0 Å². The minimum Gasteiger partial charge on any atom is -0.480 e. The Balaban J connectivity index is 4.97. The smallest absolute Gasteiger partial charge is 0.317 e. The van der Waals surface area contributed by atoms with Gasteiger partial charge in [-0.2, -0.15) is 0 Å². The van der Waals surface area contributed by atoms with Gasteiger partial charge in [-0.1, -0.05) is 0 Å². The van der Waals surface area contributed by atoms with E-state index in [0.29, 0.717) is 0 Å². The first-order valence-corrected chi connectivity index (χ1v) is 7.13. The molecule has 25 heavy (non-hydrogen) atoms. The maximum Gasteiger partial charge on any atom is 0.317 e. The molecular formula is C12H23N3O10. The van der Waals surface area contributed by atoms with Crippen molar-refractivity contribution < 1.29 is 50.0 Å². The Morgan fingerprint density at radius 2 is 1.00 bits per heavy atom. The third-order valence-electron chi connectivity index (χ3n) is 2.87. The minimum atomic E-state index is -1.25. The second kappa shape index (κ2) is 13.4. The van der Waals surface area contributed by atoms with E-state index in [1.807, 2.05) is 0 Å². The zero-order valence-electron chi connectivity index (χ0n) is 13.5. The van der Waals surface area contributed by atoms with Crippen molar-refractivity contribution in [3.63, 3.8) is 0 Å². The van der Waals surface area contributed by atoms with E-state index in [-0.39, 0.29) is 39.6 Å². The Bertz CT molecular complexity index is 398. The molecule has 0 unspecified atom stereocenters. The summed E-state index contributed by atoms with van der Waals surface area (Å²) in [5, 5.41) is 43.5. The molecule has 0 saturated heterocycles. The Kier molecular flexibility index (Phi) is 12.4. The number of aliphatic carboxylic acids is 3. The zero-order chi connectivity index (χ0) is 19.2. The zero-order valence-corrected chi connectivity index (χ0v) is 13.5. The van der Waals surface area contributed by atoms with Gasteiger partial charge in [0.1, 0.15) is 0 Å². The molecule has 0 fully saturated rings. The fraction of sp³-hybridized carbons (Fsp3) is 0.750. The summed E-state index contributed by atoms with van der Waals surface area (Å²) in [4.78, 5) is 44.5. The fourth-order valence-corrected chi connectivity index (χ4v) is 2.03. The first-order chi connectivity index (χ1) is 11.8. The summed E-state index contributed by atoms with van der Waals surface area (Å²) in [6, 6.07) is 0. The predicted octanol–water partition coefficient (Wildman–Crippen LogP) is -1.96. The van der Waals surface area contributed by atoms with Crippen LogP contribution in [0.2, 0.25) is 0 Å². The van der Waals surface area contributed by atoms with Crippen LogP contribution in [0.15, 0.2) is 0 Å². The average molecular weight is 369 g/mol. The van der Waals surface area contributed by atoms with Crippen molar-refractivity contribution >= 4 is 17.9 Å². The maximum atomic E-state index is 11.0. The summed E-state index contributed by atoms with van der Waals surface area (Å²) in [6.07, 6.45) is 0. The molecule has 5 N–H and O–H groups in total. The van der Waals surface area contributed by atoms with E-state index in [0.717, 1.165) is 4.90 Å². The summed E-state index contributed by atoms with van der Waals surface area (Å²) in [5.74, 6) is -3.70. The minimum absolute atomic E-state index is 0.0191. The van der Waals surface area contributed by atoms with Gasteiger partial charge in [0.2, 0.25) is 0 Å². The topological polar surface area (TPSA) is 181 Å². The van der Waals surface area contributed by atoms with Gasteiger partial charge in [0.25, 0.3) is 0 Å². The third kappa shape index (κ3) is 13.1. The van der Waals surface area contributed by atoms with E-state index in [4.69, 9.17) is 25.8 Å². The first-order valence-electron chi connectivity index (χ1n) is 7.13. The highest BCUT2D eigenvalue weighted by atomic mass is 17.1. The Morgan fingerprint density at radius 3 is 1.36 bits per heavy atom. The molecule has 0 heterocycles. The fourth-order valence-electron chi connectivity index (χ4n) is 2.03. The van der Waals surface area contributed by atoms with Crippen molar-refractivity contribution in [3.8, 4) is 0 Å². The lowest BCUT2D eigenvalue weighted by Crippen LogP contribution is -2.49. The molecule has 0 aliphatic heterocycles. The number of carbonyl (C=O) groups is 3. The van der Waals surface area contributed by atoms with Gasteiger partial charge in [0, 0.05) is 13.1 Å². The van der Waals surface area contributed by atoms with Crippen molar-refractivity contribution in [3.05, 3.63) is 0 Å². The molecule has 0 radical (unpaired) electrons. The molecule has 146 valence electrons. The molecule has 0 saturated carbocycles. The molecule has 0 aliphatic carbocycles. The lowest BCUT2D eigenvalue weighted by Gasteiger charge is -2.32. The average Bonchev–Trinajstić information content (AvgIpc) is 2.47. The number of nitrogens with zero attached hydrogens (tertiary/aromatic N) is 3. The molecule has 0 atom stereocenters. The summed E-state index contributed by atoms with van der Waals surface area (Å²) in [6.45, 7) is -1.77. The summed E-state index contributed by atoms with van der Waals surface area (Å²) in [5.41, 5.74) is 0. The van der Waals surface area contributed by atoms with Crippen molar-refractivity contribution in [2.45, 2.75) is 0 Å². The molecule has 0 aliphatic rings. The molecular weight excluding hydrogens is 346 g/mol. The van der Waals surface area contributed by atoms with Gasteiger partial charge in [0.15, 0.2) is 0 Å². The molecule has 0 spiro atoms. The lowest BCUT2D eigenvalue weighted by molar-refractivity contribution is -0.252. The molecule has 0 aromatic rings. The molecule has 13 nitrogen and oxygen atoms in total. The van der Waals surface area contributed by atoms with E-state index >= 15 is 0 Å². The van der Waals surface area contributed by atoms with Gasteiger partial charge in [-0.3, -0.25) is 39.6 Å². The van der Waals surface area contributed by atoms with Crippen LogP contribution in [0.5, 0.6) is 0 Å². The quantitative estimate of drug-likeness (QED) is 0.115. The van der Waals surface area contributed by atoms with Crippen LogP contribution in [0.1, 0.15) is 0 Å². The van der Waals surface area contributed by atoms with Crippen molar-refractivity contribution in [2.24, 2.45) is 0 Å². The summed E-state index contributed by atoms with van der Waals surface area (Å²) in [7, 11) is 0. The number of carboxylic acid groups (broad SMARTS) is 3. The normalized spacial score (nSPS) is 11.4. The van der Waals surface area contributed by atoms with Crippen LogP contribution in [-0.4, -0.2) is 118 Å². The number of hydrogen-bond acceptors (Lipinski definition) is 10. The van der Waals surface area contributed by atoms with Crippen LogP contribution < -0.4 is 0 Å². The van der Waals surface area contributed by atoms with Crippen LogP contribution in [-0.2, 0) is 24.2 Å². The summed E-state index contributed by atoms with van der Waals surface area (Å²) < 4.78 is 0. The Morgan fingerprint density at radius 1 is 0.640 bits per heavy atom. The first kappa shape index (κ1) is 23.1. The van der Waals surface area contributed by atoms with Gasteiger partial charge < -0.3 is 15.3 Å². The van der Waals surface area contributed by atoms with Gasteiger partial charge in [-0.25, -0.2) is 9.78 Å². The van der Waals surface area contributed by atoms with Crippen LogP contribution in [0.25, 0.3) is 0 Å².